The van der Waals surface area contributed by atoms with Crippen LogP contribution in [0.15, 0.2) is 72.8 Å². The van der Waals surface area contributed by atoms with Crippen LogP contribution in [0.1, 0.15) is 11.1 Å². The first-order valence-corrected chi connectivity index (χ1v) is 16.7. The Bertz CT molecular complexity index is 1430. The normalized spacial score (nSPS) is 11.5. The molecule has 10 nitrogen and oxygen atoms in total. The molecule has 0 fully saturated rings. The van der Waals surface area contributed by atoms with E-state index in [1.807, 2.05) is 18.2 Å². The van der Waals surface area contributed by atoms with Crippen molar-refractivity contribution >= 4 is 64.9 Å². The Balaban J connectivity index is 0.000000389. The molecule has 0 amide bonds. The van der Waals surface area contributed by atoms with E-state index in [0.29, 0.717) is 25.0 Å². The molecule has 10 N–H and O–H groups in total. The molecule has 0 aliphatic rings. The number of halogens is 5. The third-order valence-electron chi connectivity index (χ3n) is 4.65. The van der Waals surface area contributed by atoms with E-state index >= 15 is 0 Å². The van der Waals surface area contributed by atoms with Gasteiger partial charge in [0, 0.05) is 3.57 Å². The Labute approximate surface area is 251 Å². The van der Waals surface area contributed by atoms with Crippen LogP contribution in [0, 0.1) is 10.7 Å². The van der Waals surface area contributed by atoms with Crippen LogP contribution in [0.2, 0.25) is 0 Å². The van der Waals surface area contributed by atoms with Crippen LogP contribution in [0.5, 0.6) is 5.75 Å². The zero-order valence-corrected chi connectivity index (χ0v) is 26.2. The van der Waals surface area contributed by atoms with Gasteiger partial charge in [0.05, 0.1) is 6.54 Å². The third-order valence-corrected chi connectivity index (χ3v) is 12.3. The molecule has 0 atom stereocenters. The molecular weight excluding hydrogens is 779 g/mol. The van der Waals surface area contributed by atoms with Gasteiger partial charge in [-0.3, -0.25) is 16.5 Å². The number of alkyl halides is 3. The zero-order valence-electron chi connectivity index (χ0n) is 21.1. The number of hydrogen-bond acceptors (Lipinski definition) is 4. The van der Waals surface area contributed by atoms with Crippen LogP contribution in [0.3, 0.4) is 0 Å². The van der Waals surface area contributed by atoms with E-state index in [4.69, 9.17) is 30.2 Å². The predicted octanol–water partition coefficient (Wildman–Crippen LogP) is 0.0214. The summed E-state index contributed by atoms with van der Waals surface area (Å²) in [4.78, 5) is 5.55. The van der Waals surface area contributed by atoms with Gasteiger partial charge in [0.25, 0.3) is 0 Å². The molecule has 0 saturated carbocycles. The van der Waals surface area contributed by atoms with E-state index in [1.165, 1.54) is 46.6 Å². The molecule has 40 heavy (non-hydrogen) atoms. The van der Waals surface area contributed by atoms with Gasteiger partial charge in [0.1, 0.15) is 0 Å². The molecule has 0 aliphatic heterocycles. The molecule has 218 valence electrons. The van der Waals surface area contributed by atoms with Gasteiger partial charge < -0.3 is 0 Å². The third kappa shape index (κ3) is 11.0. The fourth-order valence-electron chi connectivity index (χ4n) is 2.81. The van der Waals surface area contributed by atoms with E-state index < -0.39 is 35.9 Å². The maximum atomic E-state index is 12.9. The van der Waals surface area contributed by atoms with Gasteiger partial charge in [-0.2, -0.15) is 0 Å². The molecule has 0 aromatic heterocycles. The Morgan fingerprint density at radius 1 is 0.850 bits per heavy atom. The van der Waals surface area contributed by atoms with Crippen molar-refractivity contribution in [3.63, 3.8) is 0 Å². The Kier molecular flexibility index (Phi) is 12.7. The summed E-state index contributed by atoms with van der Waals surface area (Å²) in [5.74, 6) is 0.714. The number of nitrogens with two attached hydrogens (primary N) is 4. The summed E-state index contributed by atoms with van der Waals surface area (Å²) >= 11 is -1.20. The van der Waals surface area contributed by atoms with E-state index in [1.54, 1.807) is 18.2 Å². The summed E-state index contributed by atoms with van der Waals surface area (Å²) < 4.78 is 73.6. The number of hydrogen-bond donors (Lipinski definition) is 6. The second-order valence-electron chi connectivity index (χ2n) is 7.75. The van der Waals surface area contributed by atoms with Crippen molar-refractivity contribution in [1.82, 2.24) is 0 Å². The summed E-state index contributed by atoms with van der Waals surface area (Å²) in [6.45, 7) is 0.897. The standard InChI is InChI=1S/C16H17F3IN3O4S.C8H10IN3/c1-26-14-7-5-12(6-8-14)20(27-28(24,25)16(17,18)19)13-4-2-3-11(9-13)10-23-15(21)22;9-7-3-1-2-6(4-7)5-12-8(10)11/h2-9H,10H2,1H3,(H4,21,22,23);1-4H,5H2,(H4,10,11,12)/p+2. The zero-order chi connectivity index (χ0) is 29.9. The molecule has 3 rings (SSSR count). The van der Waals surface area contributed by atoms with Crippen molar-refractivity contribution in [2.75, 3.05) is 7.11 Å². The smallest absolute Gasteiger partial charge is 0.291 e. The van der Waals surface area contributed by atoms with Crippen LogP contribution in [0.4, 0.5) is 13.2 Å². The first kappa shape index (κ1) is 33.4. The molecule has 0 unspecified atom stereocenters. The van der Waals surface area contributed by atoms with Gasteiger partial charge in [0.2, 0.25) is 0 Å². The molecule has 3 aromatic carbocycles. The first-order chi connectivity index (χ1) is 18.7. The molecule has 0 saturated heterocycles. The Morgan fingerprint density at radius 3 is 1.85 bits per heavy atom. The second-order valence-corrected chi connectivity index (χ2v) is 15.5. The van der Waals surface area contributed by atoms with Crippen LogP contribution in [0.25, 0.3) is 0 Å². The Morgan fingerprint density at radius 2 is 1.38 bits per heavy atom. The molecule has 0 heterocycles. The van der Waals surface area contributed by atoms with Crippen molar-refractivity contribution in [2.45, 2.75) is 18.6 Å². The van der Waals surface area contributed by atoms with Crippen molar-refractivity contribution < 1.29 is 38.8 Å². The van der Waals surface area contributed by atoms with Gasteiger partial charge >= 0.3 is 174 Å². The van der Waals surface area contributed by atoms with Crippen LogP contribution < -0.4 is 37.7 Å². The molecule has 3 aromatic rings. The Hall–Kier alpha value is -2.84. The minimum Gasteiger partial charge on any atom is -0.291 e. The quantitative estimate of drug-likeness (QED) is 0.0757. The van der Waals surface area contributed by atoms with Crippen molar-refractivity contribution in [1.29, 1.82) is 0 Å². The average Bonchev–Trinajstić information content (AvgIpc) is 2.89. The van der Waals surface area contributed by atoms with Gasteiger partial charge in [-0.05, 0) is 40.3 Å². The largest absolute Gasteiger partial charge is 0.339 e. The molecule has 16 heteroatoms. The number of ether oxygens (including phenoxy) is 1. The van der Waals surface area contributed by atoms with Gasteiger partial charge in [0.15, 0.2) is 0 Å². The van der Waals surface area contributed by atoms with Gasteiger partial charge in [-0.15, -0.1) is 0 Å². The van der Waals surface area contributed by atoms with Gasteiger partial charge in [-0.25, -0.2) is 0 Å². The monoisotopic (exact) mass is 808 g/mol. The minimum atomic E-state index is -5.77. The van der Waals surface area contributed by atoms with Crippen LogP contribution in [-0.4, -0.2) is 33.0 Å². The summed E-state index contributed by atoms with van der Waals surface area (Å²) in [5, 5.41) is 0. The van der Waals surface area contributed by atoms with E-state index in [2.05, 4.69) is 38.6 Å². The summed E-state index contributed by atoms with van der Waals surface area (Å²) in [5.41, 5.74) is 17.5. The SMILES string of the molecule is COc1ccc(I(OS(=O)(=O)C(F)(F)F)c2cccc(C[NH+]=C(N)N)c2)cc1.NC(N)=[NH+]Cc1cccc(I)c1. The first-order valence-electron chi connectivity index (χ1n) is 11.1. The fraction of sp³-hybridized carbons (Fsp3) is 0.167. The number of guanidine groups is 2. The molecule has 0 aliphatic carbocycles. The molecule has 0 radical (unpaired) electrons. The van der Waals surface area contributed by atoms with Crippen molar-refractivity contribution in [2.24, 2.45) is 22.9 Å². The number of rotatable bonds is 9. The maximum Gasteiger partial charge on any atom is 0.339 e. The topological polar surface area (TPSA) is 185 Å². The molecular formula is C24H29F3I2N6O4S+2. The van der Waals surface area contributed by atoms with Crippen LogP contribution in [-0.2, 0) is 25.7 Å². The van der Waals surface area contributed by atoms with Crippen LogP contribution >= 0.6 is 42.8 Å². The number of nitrogens with one attached hydrogen (secondary N) is 2. The molecule has 0 bridgehead atoms. The van der Waals surface area contributed by atoms with E-state index in [0.717, 1.165) is 0 Å². The summed E-state index contributed by atoms with van der Waals surface area (Å²) in [6, 6.07) is 20.6. The van der Waals surface area contributed by atoms with Crippen molar-refractivity contribution in [3.8, 4) is 5.75 Å². The summed E-state index contributed by atoms with van der Waals surface area (Å²) in [7, 11) is -4.33. The van der Waals surface area contributed by atoms with Gasteiger partial charge in [-0.1, -0.05) is 12.1 Å². The second kappa shape index (κ2) is 15.2. The van der Waals surface area contributed by atoms with E-state index in [-0.39, 0.29) is 18.5 Å². The average molecular weight is 808 g/mol. The predicted molar refractivity (Wildman–Crippen MR) is 162 cm³/mol. The summed E-state index contributed by atoms with van der Waals surface area (Å²) in [6.07, 6.45) is 0. The number of benzene rings is 3. The number of methoxy groups -OCH3 is 1. The molecule has 0 spiro atoms. The fourth-order valence-corrected chi connectivity index (χ4v) is 10.0. The maximum absolute atomic E-state index is 12.9. The minimum absolute atomic E-state index is 0.0215. The van der Waals surface area contributed by atoms with E-state index in [9.17, 15) is 21.6 Å². The van der Waals surface area contributed by atoms with Crippen molar-refractivity contribution in [3.05, 3.63) is 94.6 Å².